The maximum atomic E-state index is 12.9. The molecular formula is C15H9F3N2O. The Hall–Kier alpha value is -2.63. The fraction of sp³-hybridized carbons (Fsp3) is 0.0667. The van der Waals surface area contributed by atoms with Crippen LogP contribution in [0.2, 0.25) is 0 Å². The van der Waals surface area contributed by atoms with Gasteiger partial charge in [0.2, 0.25) is 0 Å². The molecule has 0 unspecified atom stereocenters. The molecule has 0 saturated carbocycles. The molecule has 0 saturated heterocycles. The molecular weight excluding hydrogens is 281 g/mol. The molecule has 0 aliphatic carbocycles. The summed E-state index contributed by atoms with van der Waals surface area (Å²) < 4.78 is 38.6. The summed E-state index contributed by atoms with van der Waals surface area (Å²) >= 11 is 0. The first-order valence-electron chi connectivity index (χ1n) is 6.06. The fourth-order valence-corrected chi connectivity index (χ4v) is 2.17. The average molecular weight is 290 g/mol. The van der Waals surface area contributed by atoms with Gasteiger partial charge in [-0.1, -0.05) is 6.07 Å². The molecule has 0 atom stereocenters. The molecule has 0 spiro atoms. The largest absolute Gasteiger partial charge is 0.507 e. The SMILES string of the molecule is Oc1ccc(-c2ccnc3ccncc23)cc1C(F)(F)F. The first-order chi connectivity index (χ1) is 9.97. The van der Waals surface area contributed by atoms with E-state index in [4.69, 9.17) is 0 Å². The molecule has 106 valence electrons. The van der Waals surface area contributed by atoms with E-state index >= 15 is 0 Å². The van der Waals surface area contributed by atoms with Gasteiger partial charge in [0.05, 0.1) is 11.1 Å². The Balaban J connectivity index is 2.24. The third kappa shape index (κ3) is 2.40. The molecule has 3 nitrogen and oxygen atoms in total. The lowest BCUT2D eigenvalue weighted by atomic mass is 10.00. The molecule has 3 rings (SSSR count). The molecule has 1 aromatic carbocycles. The van der Waals surface area contributed by atoms with Gasteiger partial charge < -0.3 is 5.11 Å². The number of phenolic OH excluding ortho intramolecular Hbond substituents is 1. The maximum Gasteiger partial charge on any atom is 0.419 e. The van der Waals surface area contributed by atoms with Crippen LogP contribution in [0.25, 0.3) is 22.0 Å². The minimum atomic E-state index is -4.61. The van der Waals surface area contributed by atoms with Crippen LogP contribution in [0.15, 0.2) is 48.9 Å². The quantitative estimate of drug-likeness (QED) is 0.736. The fourth-order valence-electron chi connectivity index (χ4n) is 2.17. The molecule has 0 aliphatic rings. The van der Waals surface area contributed by atoms with Crippen LogP contribution in [0.4, 0.5) is 13.2 Å². The molecule has 1 N–H and O–H groups in total. The van der Waals surface area contributed by atoms with Gasteiger partial charge >= 0.3 is 6.18 Å². The lowest BCUT2D eigenvalue weighted by molar-refractivity contribution is -0.138. The van der Waals surface area contributed by atoms with E-state index in [0.29, 0.717) is 22.0 Å². The highest BCUT2D eigenvalue weighted by atomic mass is 19.4. The highest BCUT2D eigenvalue weighted by Gasteiger charge is 2.34. The van der Waals surface area contributed by atoms with Crippen molar-refractivity contribution in [3.63, 3.8) is 0 Å². The topological polar surface area (TPSA) is 46.0 Å². The van der Waals surface area contributed by atoms with Crippen molar-refractivity contribution in [2.75, 3.05) is 0 Å². The van der Waals surface area contributed by atoms with E-state index in [-0.39, 0.29) is 0 Å². The summed E-state index contributed by atoms with van der Waals surface area (Å²) in [5, 5.41) is 10.0. The third-order valence-corrected chi connectivity index (χ3v) is 3.16. The van der Waals surface area contributed by atoms with Gasteiger partial charge in [-0.05, 0) is 35.4 Å². The number of rotatable bonds is 1. The van der Waals surface area contributed by atoms with Crippen molar-refractivity contribution >= 4 is 10.9 Å². The van der Waals surface area contributed by atoms with Crippen LogP contribution in [0.5, 0.6) is 5.75 Å². The lowest BCUT2D eigenvalue weighted by Gasteiger charge is -2.12. The zero-order valence-corrected chi connectivity index (χ0v) is 10.6. The predicted molar refractivity (Wildman–Crippen MR) is 71.6 cm³/mol. The van der Waals surface area contributed by atoms with Crippen LogP contribution < -0.4 is 0 Å². The number of hydrogen-bond acceptors (Lipinski definition) is 3. The number of pyridine rings is 2. The van der Waals surface area contributed by atoms with Crippen molar-refractivity contribution in [1.82, 2.24) is 9.97 Å². The lowest BCUT2D eigenvalue weighted by Crippen LogP contribution is -2.05. The second-order valence-electron chi connectivity index (χ2n) is 4.48. The molecule has 3 aromatic rings. The summed E-state index contributed by atoms with van der Waals surface area (Å²) in [7, 11) is 0. The van der Waals surface area contributed by atoms with E-state index < -0.39 is 17.5 Å². The Morgan fingerprint density at radius 2 is 1.81 bits per heavy atom. The van der Waals surface area contributed by atoms with Crippen LogP contribution >= 0.6 is 0 Å². The monoisotopic (exact) mass is 290 g/mol. The molecule has 0 amide bonds. The van der Waals surface area contributed by atoms with Crippen LogP contribution in [-0.4, -0.2) is 15.1 Å². The van der Waals surface area contributed by atoms with E-state index in [1.165, 1.54) is 12.3 Å². The first kappa shape index (κ1) is 13.4. The van der Waals surface area contributed by atoms with Gasteiger partial charge in [-0.2, -0.15) is 13.2 Å². The number of hydrogen-bond donors (Lipinski definition) is 1. The molecule has 0 fully saturated rings. The van der Waals surface area contributed by atoms with Crippen LogP contribution in [0.3, 0.4) is 0 Å². The summed E-state index contributed by atoms with van der Waals surface area (Å²) in [6.07, 6.45) is 0.0355. The first-order valence-corrected chi connectivity index (χ1v) is 6.06. The Labute approximate surface area is 117 Å². The Kier molecular flexibility index (Phi) is 3.01. The molecule has 0 aliphatic heterocycles. The normalized spacial score (nSPS) is 11.8. The average Bonchev–Trinajstić information content (AvgIpc) is 2.46. The van der Waals surface area contributed by atoms with Gasteiger partial charge in [-0.15, -0.1) is 0 Å². The highest BCUT2D eigenvalue weighted by Crippen LogP contribution is 2.39. The van der Waals surface area contributed by atoms with E-state index in [9.17, 15) is 18.3 Å². The van der Waals surface area contributed by atoms with Gasteiger partial charge in [0.15, 0.2) is 0 Å². The summed E-state index contributed by atoms with van der Waals surface area (Å²) in [5.74, 6) is -0.789. The van der Waals surface area contributed by atoms with Gasteiger partial charge in [0.25, 0.3) is 0 Å². The van der Waals surface area contributed by atoms with E-state index in [0.717, 1.165) is 12.1 Å². The van der Waals surface area contributed by atoms with E-state index in [2.05, 4.69) is 9.97 Å². The van der Waals surface area contributed by atoms with Crippen molar-refractivity contribution in [3.8, 4) is 16.9 Å². The maximum absolute atomic E-state index is 12.9. The van der Waals surface area contributed by atoms with E-state index in [1.54, 1.807) is 24.5 Å². The summed E-state index contributed by atoms with van der Waals surface area (Å²) in [4.78, 5) is 8.12. The van der Waals surface area contributed by atoms with Gasteiger partial charge in [-0.25, -0.2) is 0 Å². The third-order valence-electron chi connectivity index (χ3n) is 3.16. The molecule has 21 heavy (non-hydrogen) atoms. The standard InChI is InChI=1S/C15H9F3N2O/c16-15(17,18)12-7-9(1-2-14(12)21)10-3-6-20-13-4-5-19-8-11(10)13/h1-8,21H. The van der Waals surface area contributed by atoms with Crippen LogP contribution in [0.1, 0.15) is 5.56 Å². The van der Waals surface area contributed by atoms with Crippen molar-refractivity contribution in [2.45, 2.75) is 6.18 Å². The smallest absolute Gasteiger partial charge is 0.419 e. The number of aromatic hydroxyl groups is 1. The van der Waals surface area contributed by atoms with Gasteiger partial charge in [0, 0.05) is 24.0 Å². The van der Waals surface area contributed by atoms with Crippen molar-refractivity contribution in [3.05, 3.63) is 54.5 Å². The number of halogens is 3. The summed E-state index contributed by atoms with van der Waals surface area (Å²) in [6, 6.07) is 6.71. The predicted octanol–water partition coefficient (Wildman–Crippen LogP) is 4.02. The number of phenols is 1. The van der Waals surface area contributed by atoms with E-state index in [1.807, 2.05) is 0 Å². The number of aromatic nitrogens is 2. The number of benzene rings is 1. The zero-order valence-electron chi connectivity index (χ0n) is 10.6. The minimum Gasteiger partial charge on any atom is -0.507 e. The molecule has 2 aromatic heterocycles. The minimum absolute atomic E-state index is 0.348. The summed E-state index contributed by atoms with van der Waals surface area (Å²) in [5.41, 5.74) is 0.511. The van der Waals surface area contributed by atoms with Gasteiger partial charge in [-0.3, -0.25) is 9.97 Å². The highest BCUT2D eigenvalue weighted by molar-refractivity contribution is 5.93. The second-order valence-corrected chi connectivity index (χ2v) is 4.48. The Morgan fingerprint density at radius 3 is 2.57 bits per heavy atom. The number of nitrogens with zero attached hydrogens (tertiary/aromatic N) is 2. The van der Waals surface area contributed by atoms with Crippen molar-refractivity contribution in [2.24, 2.45) is 0 Å². The molecule has 0 bridgehead atoms. The van der Waals surface area contributed by atoms with Crippen molar-refractivity contribution < 1.29 is 18.3 Å². The Morgan fingerprint density at radius 1 is 1.00 bits per heavy atom. The molecule has 2 heterocycles. The molecule has 6 heteroatoms. The van der Waals surface area contributed by atoms with Crippen LogP contribution in [-0.2, 0) is 6.18 Å². The van der Waals surface area contributed by atoms with Crippen molar-refractivity contribution in [1.29, 1.82) is 0 Å². The zero-order chi connectivity index (χ0) is 15.0. The number of fused-ring (bicyclic) bond motifs is 1. The second kappa shape index (κ2) is 4.73. The number of alkyl halides is 3. The summed E-state index contributed by atoms with van der Waals surface area (Å²) in [6.45, 7) is 0. The van der Waals surface area contributed by atoms with Gasteiger partial charge in [0.1, 0.15) is 5.75 Å². The molecule has 0 radical (unpaired) electrons. The Bertz CT molecular complexity index is 810. The van der Waals surface area contributed by atoms with Crippen LogP contribution in [0, 0.1) is 0 Å².